The zero-order valence-electron chi connectivity index (χ0n) is 26.5. The Morgan fingerprint density at radius 1 is 0.675 bits per heavy atom. The molecule has 0 saturated carbocycles. The van der Waals surface area contributed by atoms with Gasteiger partial charge in [0.05, 0.1) is 0 Å². The fraction of sp³-hybridized carbons (Fsp3) is 0.886. The molecule has 5 nitrogen and oxygen atoms in total. The van der Waals surface area contributed by atoms with Crippen LogP contribution in [0.4, 0.5) is 4.79 Å². The molecule has 1 rings (SSSR count). The molecule has 1 saturated heterocycles. The second-order valence-corrected chi connectivity index (χ2v) is 12.1. The first-order chi connectivity index (χ1) is 19.7. The molecule has 234 valence electrons. The third kappa shape index (κ3) is 22.2. The molecule has 0 unspecified atom stereocenters. The quantitative estimate of drug-likeness (QED) is 0.0584. The lowest BCUT2D eigenvalue weighted by molar-refractivity contribution is -0.124. The average Bonchev–Trinajstić information content (AvgIpc) is 2.95. The molecule has 1 N–H and O–H groups in total. The summed E-state index contributed by atoms with van der Waals surface area (Å²) in [6.07, 6.45) is 36.0. The molecule has 40 heavy (non-hydrogen) atoms. The Labute approximate surface area is 248 Å². The number of carbonyl (C=O) groups excluding carboxylic acids is 2. The molecule has 0 bridgehead atoms. The summed E-state index contributed by atoms with van der Waals surface area (Å²) in [6, 6.07) is -0.305. The Hall–Kier alpha value is -1.52. The maximum absolute atomic E-state index is 12.5. The highest BCUT2D eigenvalue weighted by Crippen LogP contribution is 2.16. The van der Waals surface area contributed by atoms with Gasteiger partial charge in [-0.05, 0) is 25.3 Å². The monoisotopic (exact) mass is 563 g/mol. The highest BCUT2D eigenvalue weighted by molar-refractivity contribution is 5.76. The first kappa shape index (κ1) is 36.5. The van der Waals surface area contributed by atoms with Gasteiger partial charge in [0, 0.05) is 6.42 Å². The van der Waals surface area contributed by atoms with Gasteiger partial charge in [-0.25, -0.2) is 4.79 Å². The number of ether oxygens (including phenoxy) is 2. The summed E-state index contributed by atoms with van der Waals surface area (Å²) in [7, 11) is 0. The Bertz CT molecular complexity index is 621. The van der Waals surface area contributed by atoms with Crippen LogP contribution in [0, 0.1) is 0 Å². The molecule has 1 fully saturated rings. The van der Waals surface area contributed by atoms with Crippen LogP contribution in [0.5, 0.6) is 0 Å². The third-order valence-electron chi connectivity index (χ3n) is 8.16. The van der Waals surface area contributed by atoms with E-state index in [0.717, 1.165) is 25.7 Å². The number of rotatable bonds is 28. The molecule has 0 radical (unpaired) electrons. The maximum Gasteiger partial charge on any atom is 0.509 e. The number of cyclic esters (lactones) is 2. The number of hydrogen-bond acceptors (Lipinski definition) is 4. The summed E-state index contributed by atoms with van der Waals surface area (Å²) < 4.78 is 10.4. The molecule has 0 spiro atoms. The van der Waals surface area contributed by atoms with Gasteiger partial charge in [0.2, 0.25) is 5.91 Å². The van der Waals surface area contributed by atoms with Gasteiger partial charge in [0.15, 0.2) is 0 Å². The summed E-state index contributed by atoms with van der Waals surface area (Å²) in [5, 5.41) is 3.04. The van der Waals surface area contributed by atoms with Gasteiger partial charge in [0.1, 0.15) is 18.8 Å². The Kier molecular flexibility index (Phi) is 25.2. The summed E-state index contributed by atoms with van der Waals surface area (Å²) in [4.78, 5) is 24.2. The lowest BCUT2D eigenvalue weighted by Gasteiger charge is -2.29. The number of nitrogens with one attached hydrogen (secondary N) is 1. The minimum absolute atomic E-state index is 0.0263. The molecule has 1 amide bonds. The SMILES string of the molecule is CCCCCCCCCCCCC/C=C/[C@H]1OC(=O)OC[C@@H]1NC(=O)CCCCCCCCCCCCCCC. The van der Waals surface area contributed by atoms with Crippen molar-refractivity contribution in [1.82, 2.24) is 5.32 Å². The van der Waals surface area contributed by atoms with E-state index in [2.05, 4.69) is 25.2 Å². The van der Waals surface area contributed by atoms with Crippen molar-refractivity contribution in [2.75, 3.05) is 6.61 Å². The van der Waals surface area contributed by atoms with Gasteiger partial charge in [-0.3, -0.25) is 4.79 Å². The van der Waals surface area contributed by atoms with Crippen molar-refractivity contribution in [3.8, 4) is 0 Å². The fourth-order valence-corrected chi connectivity index (χ4v) is 5.52. The average molecular weight is 564 g/mol. The summed E-state index contributed by atoms with van der Waals surface area (Å²) >= 11 is 0. The van der Waals surface area contributed by atoms with Crippen LogP contribution in [0.3, 0.4) is 0 Å². The molecule has 0 aromatic carbocycles. The molecular weight excluding hydrogens is 498 g/mol. The minimum atomic E-state index is -0.647. The zero-order valence-corrected chi connectivity index (χ0v) is 26.5. The number of unbranched alkanes of at least 4 members (excludes halogenated alkanes) is 23. The van der Waals surface area contributed by atoms with E-state index in [9.17, 15) is 9.59 Å². The van der Waals surface area contributed by atoms with Crippen LogP contribution < -0.4 is 5.32 Å². The summed E-state index contributed by atoms with van der Waals surface area (Å²) in [5.74, 6) is 0.0263. The van der Waals surface area contributed by atoms with E-state index in [1.807, 2.05) is 6.08 Å². The first-order valence-corrected chi connectivity index (χ1v) is 17.5. The molecule has 1 aliphatic heterocycles. The number of amides is 1. The predicted octanol–water partition coefficient (Wildman–Crippen LogP) is 10.7. The second-order valence-electron chi connectivity index (χ2n) is 12.1. The number of hydrogen-bond donors (Lipinski definition) is 1. The fourth-order valence-electron chi connectivity index (χ4n) is 5.52. The topological polar surface area (TPSA) is 64.6 Å². The number of carbonyl (C=O) groups is 2. The molecule has 2 atom stereocenters. The van der Waals surface area contributed by atoms with Gasteiger partial charge in [-0.2, -0.15) is 0 Å². The smallest absolute Gasteiger partial charge is 0.432 e. The third-order valence-corrected chi connectivity index (χ3v) is 8.16. The summed E-state index contributed by atoms with van der Waals surface area (Å²) in [6.45, 7) is 4.71. The van der Waals surface area contributed by atoms with E-state index < -0.39 is 12.3 Å². The van der Waals surface area contributed by atoms with E-state index in [-0.39, 0.29) is 18.6 Å². The minimum Gasteiger partial charge on any atom is -0.432 e. The van der Waals surface area contributed by atoms with Gasteiger partial charge < -0.3 is 14.8 Å². The van der Waals surface area contributed by atoms with Crippen molar-refractivity contribution >= 4 is 12.1 Å². The molecular formula is C35H65NO4. The Morgan fingerprint density at radius 2 is 1.10 bits per heavy atom. The van der Waals surface area contributed by atoms with Crippen LogP contribution in [-0.4, -0.2) is 30.8 Å². The molecule has 1 heterocycles. The normalized spacial score (nSPS) is 17.2. The van der Waals surface area contributed by atoms with Crippen LogP contribution >= 0.6 is 0 Å². The molecule has 0 aromatic heterocycles. The van der Waals surface area contributed by atoms with Gasteiger partial charge in [-0.1, -0.05) is 161 Å². The zero-order chi connectivity index (χ0) is 28.9. The second kappa shape index (κ2) is 27.6. The Morgan fingerprint density at radius 3 is 1.57 bits per heavy atom. The lowest BCUT2D eigenvalue weighted by Crippen LogP contribution is -2.51. The van der Waals surface area contributed by atoms with Crippen LogP contribution in [0.15, 0.2) is 12.2 Å². The van der Waals surface area contributed by atoms with Crippen LogP contribution in [-0.2, 0) is 14.3 Å². The largest absolute Gasteiger partial charge is 0.509 e. The Balaban J connectivity index is 2.05. The van der Waals surface area contributed by atoms with Crippen LogP contribution in [0.1, 0.15) is 181 Å². The maximum atomic E-state index is 12.5. The predicted molar refractivity (Wildman–Crippen MR) is 169 cm³/mol. The van der Waals surface area contributed by atoms with Gasteiger partial charge in [-0.15, -0.1) is 0 Å². The van der Waals surface area contributed by atoms with Crippen molar-refractivity contribution in [2.45, 2.75) is 193 Å². The van der Waals surface area contributed by atoms with Crippen LogP contribution in [0.25, 0.3) is 0 Å². The van der Waals surface area contributed by atoms with E-state index in [1.54, 1.807) is 0 Å². The highest BCUT2D eigenvalue weighted by Gasteiger charge is 2.31. The van der Waals surface area contributed by atoms with Crippen LogP contribution in [0.2, 0.25) is 0 Å². The van der Waals surface area contributed by atoms with Crippen molar-refractivity contribution in [2.24, 2.45) is 0 Å². The molecule has 0 aromatic rings. The molecule has 0 aliphatic carbocycles. The molecule has 1 aliphatic rings. The van der Waals surface area contributed by atoms with E-state index in [4.69, 9.17) is 9.47 Å². The first-order valence-electron chi connectivity index (χ1n) is 17.5. The highest BCUT2D eigenvalue weighted by atomic mass is 16.7. The number of allylic oxidation sites excluding steroid dienone is 1. The van der Waals surface area contributed by atoms with Gasteiger partial charge in [0.25, 0.3) is 0 Å². The summed E-state index contributed by atoms with van der Waals surface area (Å²) in [5.41, 5.74) is 0. The lowest BCUT2D eigenvalue weighted by atomic mass is 10.0. The van der Waals surface area contributed by atoms with Crippen molar-refractivity contribution < 1.29 is 19.1 Å². The van der Waals surface area contributed by atoms with Crippen molar-refractivity contribution in [3.05, 3.63) is 12.2 Å². The standard InChI is InChI=1S/C35H65NO4/c1-3-5-7-9-11-13-15-17-19-21-23-25-27-29-33-32(31-39-35(38)40-33)36-34(37)30-28-26-24-22-20-18-16-14-12-10-8-6-4-2/h27,29,32-33H,3-26,28,30-31H2,1-2H3,(H,36,37)/b29-27+/t32-,33+/m0/s1. The van der Waals surface area contributed by atoms with Gasteiger partial charge >= 0.3 is 6.16 Å². The van der Waals surface area contributed by atoms with E-state index in [1.165, 1.54) is 135 Å². The molecule has 5 heteroatoms. The van der Waals surface area contributed by atoms with Crippen molar-refractivity contribution in [1.29, 1.82) is 0 Å². The van der Waals surface area contributed by atoms with Crippen molar-refractivity contribution in [3.63, 3.8) is 0 Å². The van der Waals surface area contributed by atoms with E-state index in [0.29, 0.717) is 6.42 Å². The van der Waals surface area contributed by atoms with E-state index >= 15 is 0 Å².